The van der Waals surface area contributed by atoms with Gasteiger partial charge in [0, 0.05) is 49.3 Å². The summed E-state index contributed by atoms with van der Waals surface area (Å²) in [4.78, 5) is 44.1. The van der Waals surface area contributed by atoms with Gasteiger partial charge in [-0.25, -0.2) is 22.6 Å². The van der Waals surface area contributed by atoms with Crippen LogP contribution in [0.25, 0.3) is 5.69 Å². The molecule has 1 amide bonds. The minimum Gasteiger partial charge on any atom is -0.350 e. The van der Waals surface area contributed by atoms with Crippen LogP contribution in [0.2, 0.25) is 0 Å². The number of hydrogen-bond donors (Lipinski definition) is 1. The number of fused-ring (bicyclic) bond motifs is 1. The minimum atomic E-state index is -2.20. The lowest BCUT2D eigenvalue weighted by Gasteiger charge is -2.34. The monoisotopic (exact) mass is 520 g/mol. The fourth-order valence-electron chi connectivity index (χ4n) is 4.86. The number of likely N-dealkylation sites (tertiary alicyclic amines) is 1. The van der Waals surface area contributed by atoms with E-state index in [0.717, 1.165) is 10.8 Å². The van der Waals surface area contributed by atoms with Crippen molar-refractivity contribution in [3.63, 3.8) is 0 Å². The summed E-state index contributed by atoms with van der Waals surface area (Å²) < 4.78 is 60.2. The molecule has 2 unspecified atom stereocenters. The van der Waals surface area contributed by atoms with E-state index in [9.17, 15) is 27.6 Å². The van der Waals surface area contributed by atoms with Gasteiger partial charge in [0.25, 0.3) is 5.91 Å². The lowest BCUT2D eigenvalue weighted by Crippen LogP contribution is -2.48. The summed E-state index contributed by atoms with van der Waals surface area (Å²) >= 11 is 0. The third-order valence-corrected chi connectivity index (χ3v) is 6.82. The number of alkyl halides is 1. The van der Waals surface area contributed by atoms with Crippen molar-refractivity contribution in [3.05, 3.63) is 57.1 Å². The number of nitrogens with one attached hydrogen (secondary N) is 1. The van der Waals surface area contributed by atoms with Crippen LogP contribution < -0.4 is 10.7 Å². The number of rotatable bonds is 5. The normalized spacial score (nSPS) is 20.2. The highest BCUT2D eigenvalue weighted by Crippen LogP contribution is 2.36. The molecule has 0 bridgehead atoms. The second-order valence-corrected chi connectivity index (χ2v) is 10.0. The number of Topliss-reactive ketones (excluding diaryl/α,β-unsaturated/α-hetero) is 1. The first-order valence-corrected chi connectivity index (χ1v) is 12.1. The number of amides is 1. The molecule has 2 aromatic rings. The van der Waals surface area contributed by atoms with Gasteiger partial charge in [0.15, 0.2) is 28.5 Å². The van der Waals surface area contributed by atoms with Crippen LogP contribution >= 0.6 is 0 Å². The lowest BCUT2D eigenvalue weighted by molar-refractivity contribution is -0.116. The van der Waals surface area contributed by atoms with E-state index in [1.54, 1.807) is 0 Å². The Balaban J connectivity index is 1.98. The number of aromatic nitrogens is 1. The molecule has 0 radical (unpaired) electrons. The molecule has 3 heterocycles. The van der Waals surface area contributed by atoms with E-state index in [1.807, 2.05) is 20.8 Å². The second kappa shape index (κ2) is 9.75. The number of halogens is 4. The van der Waals surface area contributed by atoms with Gasteiger partial charge in [0.05, 0.1) is 6.54 Å². The Morgan fingerprint density at radius 2 is 1.84 bits per heavy atom. The SMILES string of the molecule is CCC(NC(=O)c1cn(-c2c(F)cc(F)cc2F)c2c(c1=O)CC(C)(F)C(N1CCC(=O)C1)=N2)C(C)C. The van der Waals surface area contributed by atoms with E-state index in [-0.39, 0.29) is 54.5 Å². The largest absolute Gasteiger partial charge is 0.350 e. The first kappa shape index (κ1) is 26.6. The molecule has 0 saturated carbocycles. The molecule has 198 valence electrons. The van der Waals surface area contributed by atoms with Crippen molar-refractivity contribution in [2.45, 2.75) is 58.7 Å². The highest BCUT2D eigenvalue weighted by atomic mass is 19.2. The molecule has 1 aromatic heterocycles. The number of carbonyl (C=O) groups excluding carboxylic acids is 2. The van der Waals surface area contributed by atoms with Crippen molar-refractivity contribution in [1.29, 1.82) is 0 Å². The topological polar surface area (TPSA) is 83.8 Å². The number of pyridine rings is 1. The van der Waals surface area contributed by atoms with Gasteiger partial charge in [-0.2, -0.15) is 0 Å². The van der Waals surface area contributed by atoms with Crippen LogP contribution in [-0.4, -0.2) is 51.8 Å². The number of aliphatic imine (C=N–C) groups is 1. The molecule has 7 nitrogen and oxygen atoms in total. The predicted molar refractivity (Wildman–Crippen MR) is 130 cm³/mol. The molecule has 0 aliphatic carbocycles. The molecule has 0 spiro atoms. The highest BCUT2D eigenvalue weighted by molar-refractivity contribution is 5.99. The number of hydrogen-bond acceptors (Lipinski definition) is 5. The Kier molecular flexibility index (Phi) is 7.00. The summed E-state index contributed by atoms with van der Waals surface area (Å²) in [5, 5.41) is 2.75. The summed E-state index contributed by atoms with van der Waals surface area (Å²) in [5.74, 6) is -5.09. The maximum atomic E-state index is 15.9. The zero-order valence-electron chi connectivity index (χ0n) is 21.0. The van der Waals surface area contributed by atoms with E-state index in [0.29, 0.717) is 18.6 Å². The van der Waals surface area contributed by atoms with Gasteiger partial charge in [-0.05, 0) is 19.3 Å². The van der Waals surface area contributed by atoms with Gasteiger partial charge in [-0.1, -0.05) is 20.8 Å². The Hall–Kier alpha value is -3.50. The fourth-order valence-corrected chi connectivity index (χ4v) is 4.86. The Labute approximate surface area is 211 Å². The zero-order valence-corrected chi connectivity index (χ0v) is 21.0. The molecule has 37 heavy (non-hydrogen) atoms. The Morgan fingerprint density at radius 3 is 2.38 bits per heavy atom. The van der Waals surface area contributed by atoms with Crippen molar-refractivity contribution < 1.29 is 27.2 Å². The molecule has 2 aliphatic rings. The van der Waals surface area contributed by atoms with Crippen molar-refractivity contribution in [1.82, 2.24) is 14.8 Å². The predicted octanol–water partition coefficient (Wildman–Crippen LogP) is 4.01. The van der Waals surface area contributed by atoms with E-state index in [1.165, 1.54) is 11.8 Å². The average molecular weight is 521 g/mol. The van der Waals surface area contributed by atoms with Crippen molar-refractivity contribution in [3.8, 4) is 5.69 Å². The maximum absolute atomic E-state index is 15.9. The molecule has 11 heteroatoms. The number of benzene rings is 1. The van der Waals surface area contributed by atoms with E-state index >= 15 is 4.39 Å². The number of ketones is 1. The van der Waals surface area contributed by atoms with Crippen molar-refractivity contribution in [2.24, 2.45) is 10.9 Å². The number of nitrogens with zero attached hydrogens (tertiary/aromatic N) is 3. The van der Waals surface area contributed by atoms with Crippen LogP contribution in [0.3, 0.4) is 0 Å². The molecular formula is C26H28F4N4O3. The molecule has 4 rings (SSSR count). The molecular weight excluding hydrogens is 492 g/mol. The van der Waals surface area contributed by atoms with Gasteiger partial charge in [0.2, 0.25) is 0 Å². The molecule has 1 N–H and O–H groups in total. The Bertz CT molecular complexity index is 1340. The van der Waals surface area contributed by atoms with Crippen molar-refractivity contribution >= 4 is 23.3 Å². The van der Waals surface area contributed by atoms with Gasteiger partial charge < -0.3 is 10.2 Å². The van der Waals surface area contributed by atoms with Crippen LogP contribution in [0.4, 0.5) is 23.4 Å². The third-order valence-electron chi connectivity index (χ3n) is 6.82. The first-order valence-electron chi connectivity index (χ1n) is 12.1. The number of amidine groups is 1. The van der Waals surface area contributed by atoms with E-state index < -0.39 is 52.1 Å². The van der Waals surface area contributed by atoms with Gasteiger partial charge in [0.1, 0.15) is 28.7 Å². The van der Waals surface area contributed by atoms with Crippen LogP contribution in [0.5, 0.6) is 0 Å². The molecule has 1 saturated heterocycles. The standard InChI is InChI=1S/C26H28F4N4O3/c1-5-20(13(2)3)31-24(37)17-12-34(21-18(28)8-14(27)9-19(21)29)23-16(22(17)36)10-26(4,30)25(32-23)33-7-6-15(35)11-33/h8-9,12-13,20H,5-7,10-11H2,1-4H3,(H,31,37). The van der Waals surface area contributed by atoms with Gasteiger partial charge >= 0.3 is 0 Å². The smallest absolute Gasteiger partial charge is 0.257 e. The first-order chi connectivity index (χ1) is 17.3. The summed E-state index contributed by atoms with van der Waals surface area (Å²) in [6.07, 6.45) is 1.15. The van der Waals surface area contributed by atoms with Gasteiger partial charge in [-0.3, -0.25) is 19.0 Å². The Morgan fingerprint density at radius 1 is 1.19 bits per heavy atom. The minimum absolute atomic E-state index is 0.0326. The molecule has 2 atom stereocenters. The molecule has 1 fully saturated rings. The molecule has 1 aromatic carbocycles. The van der Waals surface area contributed by atoms with E-state index in [4.69, 9.17) is 0 Å². The summed E-state index contributed by atoms with van der Waals surface area (Å²) in [7, 11) is 0. The van der Waals surface area contributed by atoms with Crippen molar-refractivity contribution in [2.75, 3.05) is 13.1 Å². The fraction of sp³-hybridized carbons (Fsp3) is 0.462. The summed E-state index contributed by atoms with van der Waals surface area (Å²) in [6, 6.07) is 0.625. The van der Waals surface area contributed by atoms with Gasteiger partial charge in [-0.15, -0.1) is 0 Å². The summed E-state index contributed by atoms with van der Waals surface area (Å²) in [5.41, 5.74) is -4.51. The van der Waals surface area contributed by atoms with E-state index in [2.05, 4.69) is 10.3 Å². The molecule has 2 aliphatic heterocycles. The quantitative estimate of drug-likeness (QED) is 0.604. The van der Waals surface area contributed by atoms with Crippen LogP contribution in [0, 0.1) is 23.4 Å². The summed E-state index contributed by atoms with van der Waals surface area (Å²) in [6.45, 7) is 6.93. The third kappa shape index (κ3) is 4.91. The van der Waals surface area contributed by atoms with Crippen LogP contribution in [0.15, 0.2) is 28.1 Å². The maximum Gasteiger partial charge on any atom is 0.257 e. The highest BCUT2D eigenvalue weighted by Gasteiger charge is 2.43. The zero-order chi connectivity index (χ0) is 27.2. The van der Waals surface area contributed by atoms with Crippen LogP contribution in [0.1, 0.15) is 56.5 Å². The average Bonchev–Trinajstić information content (AvgIpc) is 3.22. The second-order valence-electron chi connectivity index (χ2n) is 10.0. The lowest BCUT2D eigenvalue weighted by atomic mass is 9.92. The number of carbonyl (C=O) groups is 2. The van der Waals surface area contributed by atoms with Crippen LogP contribution in [-0.2, 0) is 11.2 Å².